The molecule has 76 valence electrons. The van der Waals surface area contributed by atoms with E-state index >= 15 is 0 Å². The lowest BCUT2D eigenvalue weighted by atomic mass is 9.79. The van der Waals surface area contributed by atoms with Crippen molar-refractivity contribution in [1.82, 2.24) is 4.90 Å². The van der Waals surface area contributed by atoms with Gasteiger partial charge in [-0.2, -0.15) is 0 Å². The molecule has 0 amide bonds. The first-order chi connectivity index (χ1) is 6.12. The van der Waals surface area contributed by atoms with E-state index in [0.717, 1.165) is 17.8 Å². The Morgan fingerprint density at radius 3 is 2.69 bits per heavy atom. The molecule has 0 saturated heterocycles. The van der Waals surface area contributed by atoms with Crippen LogP contribution in [0, 0.1) is 17.8 Å². The lowest BCUT2D eigenvalue weighted by Crippen LogP contribution is -2.40. The molecule has 2 aliphatic rings. The summed E-state index contributed by atoms with van der Waals surface area (Å²) in [5, 5.41) is 0. The third kappa shape index (κ3) is 1.24. The minimum Gasteiger partial charge on any atom is -0.301 e. The second kappa shape index (κ2) is 2.98. The zero-order valence-corrected chi connectivity index (χ0v) is 9.51. The Bertz CT molecular complexity index is 201. The first-order valence-electron chi connectivity index (χ1n) is 5.83. The number of nitrogens with zero attached hydrogens (tertiary/aromatic N) is 1. The van der Waals surface area contributed by atoms with Crippen LogP contribution in [-0.2, 0) is 0 Å². The van der Waals surface area contributed by atoms with Crippen LogP contribution in [0.15, 0.2) is 0 Å². The van der Waals surface area contributed by atoms with Crippen LogP contribution < -0.4 is 0 Å². The van der Waals surface area contributed by atoms with Gasteiger partial charge >= 0.3 is 0 Å². The van der Waals surface area contributed by atoms with Crippen LogP contribution in [-0.4, -0.2) is 24.0 Å². The molecule has 2 aliphatic carbocycles. The molecule has 4 atom stereocenters. The molecular weight excluding hydrogens is 158 g/mol. The molecule has 0 aromatic heterocycles. The van der Waals surface area contributed by atoms with Crippen molar-refractivity contribution in [1.29, 1.82) is 0 Å². The smallest absolute Gasteiger partial charge is 0.0241 e. The third-order valence-electron chi connectivity index (χ3n) is 4.90. The summed E-state index contributed by atoms with van der Waals surface area (Å²) in [4.78, 5) is 2.60. The van der Waals surface area contributed by atoms with Gasteiger partial charge in [-0.25, -0.2) is 0 Å². The van der Waals surface area contributed by atoms with Gasteiger partial charge in [-0.3, -0.25) is 0 Å². The van der Waals surface area contributed by atoms with Gasteiger partial charge in [0.15, 0.2) is 0 Å². The highest BCUT2D eigenvalue weighted by molar-refractivity contribution is 5.15. The second-order valence-electron chi connectivity index (χ2n) is 5.30. The third-order valence-corrected chi connectivity index (χ3v) is 4.90. The topological polar surface area (TPSA) is 3.24 Å². The van der Waals surface area contributed by atoms with Crippen molar-refractivity contribution in [3.8, 4) is 0 Å². The number of hydrogen-bond acceptors (Lipinski definition) is 1. The highest BCUT2D eigenvalue weighted by Crippen LogP contribution is 2.60. The predicted molar refractivity (Wildman–Crippen MR) is 56.7 cm³/mol. The molecule has 2 saturated carbocycles. The minimum atomic E-state index is 0.640. The van der Waals surface area contributed by atoms with E-state index in [1.54, 1.807) is 0 Å². The molecule has 0 radical (unpaired) electrons. The van der Waals surface area contributed by atoms with E-state index in [2.05, 4.69) is 32.7 Å². The summed E-state index contributed by atoms with van der Waals surface area (Å²) in [6.07, 6.45) is 4.37. The van der Waals surface area contributed by atoms with E-state index in [-0.39, 0.29) is 0 Å². The lowest BCUT2D eigenvalue weighted by Gasteiger charge is -2.37. The van der Waals surface area contributed by atoms with E-state index in [1.165, 1.54) is 25.8 Å². The van der Waals surface area contributed by atoms with Crippen molar-refractivity contribution < 1.29 is 0 Å². The fourth-order valence-electron chi connectivity index (χ4n) is 3.37. The van der Waals surface area contributed by atoms with Gasteiger partial charge in [0, 0.05) is 5.54 Å². The summed E-state index contributed by atoms with van der Waals surface area (Å²) in [6, 6.07) is 0. The molecule has 2 fully saturated rings. The van der Waals surface area contributed by atoms with Crippen LogP contribution >= 0.6 is 0 Å². The van der Waals surface area contributed by atoms with Gasteiger partial charge in [-0.15, -0.1) is 0 Å². The van der Waals surface area contributed by atoms with Crippen LogP contribution in [0.25, 0.3) is 0 Å². The van der Waals surface area contributed by atoms with Gasteiger partial charge in [0.25, 0.3) is 0 Å². The first-order valence-corrected chi connectivity index (χ1v) is 5.83. The maximum Gasteiger partial charge on any atom is 0.0241 e. The van der Waals surface area contributed by atoms with Crippen LogP contribution in [0.5, 0.6) is 0 Å². The Morgan fingerprint density at radius 1 is 1.38 bits per heavy atom. The summed E-state index contributed by atoms with van der Waals surface area (Å²) in [5.41, 5.74) is 0.640. The van der Waals surface area contributed by atoms with Crippen LogP contribution in [0.2, 0.25) is 0 Å². The van der Waals surface area contributed by atoms with E-state index in [9.17, 15) is 0 Å². The number of fused-ring (bicyclic) bond motifs is 1. The number of hydrogen-bond donors (Lipinski definition) is 0. The Balaban J connectivity index is 2.07. The Morgan fingerprint density at radius 2 is 2.08 bits per heavy atom. The van der Waals surface area contributed by atoms with Gasteiger partial charge in [0.2, 0.25) is 0 Å². The summed E-state index contributed by atoms with van der Waals surface area (Å²) in [7, 11) is 2.31. The van der Waals surface area contributed by atoms with Crippen molar-refractivity contribution >= 4 is 0 Å². The molecule has 2 rings (SSSR count). The second-order valence-corrected chi connectivity index (χ2v) is 5.30. The van der Waals surface area contributed by atoms with Crippen LogP contribution in [0.1, 0.15) is 40.0 Å². The summed E-state index contributed by atoms with van der Waals surface area (Å²) < 4.78 is 0. The fourth-order valence-corrected chi connectivity index (χ4v) is 3.37. The van der Waals surface area contributed by atoms with E-state index in [1.807, 2.05) is 0 Å². The van der Waals surface area contributed by atoms with Gasteiger partial charge in [0.1, 0.15) is 0 Å². The average Bonchev–Trinajstić information content (AvgIpc) is 2.87. The van der Waals surface area contributed by atoms with Crippen molar-refractivity contribution in [2.45, 2.75) is 45.6 Å². The molecule has 0 N–H and O–H groups in total. The summed E-state index contributed by atoms with van der Waals surface area (Å²) in [5.74, 6) is 2.94. The van der Waals surface area contributed by atoms with Crippen molar-refractivity contribution in [2.75, 3.05) is 13.6 Å². The van der Waals surface area contributed by atoms with Crippen LogP contribution in [0.4, 0.5) is 0 Å². The van der Waals surface area contributed by atoms with E-state index in [4.69, 9.17) is 0 Å². The molecular formula is C12H23N. The van der Waals surface area contributed by atoms with Crippen molar-refractivity contribution in [3.63, 3.8) is 0 Å². The van der Waals surface area contributed by atoms with Gasteiger partial charge < -0.3 is 4.90 Å². The normalized spacial score (nSPS) is 49.2. The minimum absolute atomic E-state index is 0.640. The summed E-state index contributed by atoms with van der Waals surface area (Å²) >= 11 is 0. The standard InChI is InChI=1S/C12H23N/c1-5-13(4)12-7-6-9(2)10(3)11(12)8-12/h9-11H,5-8H2,1-4H3. The highest BCUT2D eigenvalue weighted by atomic mass is 15.2. The predicted octanol–water partition coefficient (Wildman–Crippen LogP) is 2.76. The Kier molecular flexibility index (Phi) is 2.18. The molecule has 0 spiro atoms. The largest absolute Gasteiger partial charge is 0.301 e. The zero-order chi connectivity index (χ0) is 9.64. The van der Waals surface area contributed by atoms with Crippen LogP contribution in [0.3, 0.4) is 0 Å². The average molecular weight is 181 g/mol. The van der Waals surface area contributed by atoms with E-state index < -0.39 is 0 Å². The molecule has 4 unspecified atom stereocenters. The quantitative estimate of drug-likeness (QED) is 0.633. The molecule has 0 aliphatic heterocycles. The molecule has 0 aromatic rings. The molecule has 0 aromatic carbocycles. The SMILES string of the molecule is CCN(C)C12CCC(C)C(C)C1C2. The van der Waals surface area contributed by atoms with E-state index in [0.29, 0.717) is 5.54 Å². The highest BCUT2D eigenvalue weighted by Gasteiger charge is 2.60. The number of rotatable bonds is 2. The monoisotopic (exact) mass is 181 g/mol. The van der Waals surface area contributed by atoms with Gasteiger partial charge in [-0.05, 0) is 50.6 Å². The maximum absolute atomic E-state index is 2.60. The van der Waals surface area contributed by atoms with Crippen molar-refractivity contribution in [3.05, 3.63) is 0 Å². The Hall–Kier alpha value is -0.0400. The zero-order valence-electron chi connectivity index (χ0n) is 9.51. The first kappa shape index (κ1) is 9.51. The summed E-state index contributed by atoms with van der Waals surface area (Å²) in [6.45, 7) is 8.39. The van der Waals surface area contributed by atoms with Gasteiger partial charge in [-0.1, -0.05) is 20.8 Å². The molecule has 1 heteroatoms. The maximum atomic E-state index is 2.60. The fraction of sp³-hybridized carbons (Fsp3) is 1.00. The molecule has 13 heavy (non-hydrogen) atoms. The van der Waals surface area contributed by atoms with Crippen molar-refractivity contribution in [2.24, 2.45) is 17.8 Å². The molecule has 0 bridgehead atoms. The van der Waals surface area contributed by atoms with Gasteiger partial charge in [0.05, 0.1) is 0 Å². The Labute approximate surface area is 82.5 Å². The molecule has 0 heterocycles. The molecule has 1 nitrogen and oxygen atoms in total. The lowest BCUT2D eigenvalue weighted by molar-refractivity contribution is 0.124.